The standard InChI is InChI=1S/C15H17N3O3/c1-21-14-6-2-5-12(14)17-11-7-8-13(18(19)20)15-10(11)4-3-9-16-15/h3-4,7-9,12,14,17H,2,5-6H2,1H3. The minimum atomic E-state index is -0.396. The highest BCUT2D eigenvalue weighted by molar-refractivity contribution is 5.97. The number of ether oxygens (including phenoxy) is 1. The predicted molar refractivity (Wildman–Crippen MR) is 80.5 cm³/mol. The Kier molecular flexibility index (Phi) is 3.70. The second kappa shape index (κ2) is 5.65. The fourth-order valence-electron chi connectivity index (χ4n) is 3.00. The number of methoxy groups -OCH3 is 1. The van der Waals surface area contributed by atoms with Gasteiger partial charge in [0.2, 0.25) is 0 Å². The van der Waals surface area contributed by atoms with E-state index in [9.17, 15) is 10.1 Å². The summed E-state index contributed by atoms with van der Waals surface area (Å²) in [4.78, 5) is 14.9. The van der Waals surface area contributed by atoms with Crippen LogP contribution in [0.4, 0.5) is 11.4 Å². The molecule has 1 aromatic heterocycles. The number of anilines is 1. The SMILES string of the molecule is COC1CCCC1Nc1ccc([N+](=O)[O-])c2ncccc12. The van der Waals surface area contributed by atoms with Crippen LogP contribution in [-0.2, 0) is 4.74 Å². The molecule has 1 aromatic carbocycles. The van der Waals surface area contributed by atoms with E-state index >= 15 is 0 Å². The lowest BCUT2D eigenvalue weighted by molar-refractivity contribution is -0.383. The minimum absolute atomic E-state index is 0.0332. The van der Waals surface area contributed by atoms with E-state index in [1.54, 1.807) is 25.4 Å². The Morgan fingerprint density at radius 3 is 3.00 bits per heavy atom. The molecular formula is C15H17N3O3. The molecule has 1 saturated carbocycles. The Morgan fingerprint density at radius 2 is 2.24 bits per heavy atom. The van der Waals surface area contributed by atoms with Crippen molar-refractivity contribution in [2.75, 3.05) is 12.4 Å². The first kappa shape index (κ1) is 13.8. The van der Waals surface area contributed by atoms with E-state index in [1.165, 1.54) is 6.07 Å². The molecular weight excluding hydrogens is 270 g/mol. The summed E-state index contributed by atoms with van der Waals surface area (Å²) < 4.78 is 5.48. The number of benzene rings is 1. The van der Waals surface area contributed by atoms with Gasteiger partial charge in [-0.15, -0.1) is 0 Å². The van der Waals surface area contributed by atoms with E-state index in [4.69, 9.17) is 4.74 Å². The normalized spacial score (nSPS) is 21.6. The van der Waals surface area contributed by atoms with Gasteiger partial charge in [0.05, 0.1) is 17.1 Å². The van der Waals surface area contributed by atoms with Crippen molar-refractivity contribution in [2.24, 2.45) is 0 Å². The first-order valence-electron chi connectivity index (χ1n) is 7.02. The Morgan fingerprint density at radius 1 is 1.38 bits per heavy atom. The molecule has 0 radical (unpaired) electrons. The Labute approximate surface area is 122 Å². The van der Waals surface area contributed by atoms with Crippen molar-refractivity contribution in [2.45, 2.75) is 31.4 Å². The summed E-state index contributed by atoms with van der Waals surface area (Å²) >= 11 is 0. The van der Waals surface area contributed by atoms with Crippen LogP contribution in [0.3, 0.4) is 0 Å². The van der Waals surface area contributed by atoms with Gasteiger partial charge in [-0.1, -0.05) is 0 Å². The van der Waals surface area contributed by atoms with Gasteiger partial charge in [-0.05, 0) is 37.5 Å². The summed E-state index contributed by atoms with van der Waals surface area (Å²) in [5.41, 5.74) is 1.32. The second-order valence-corrected chi connectivity index (χ2v) is 5.24. The lowest BCUT2D eigenvalue weighted by Crippen LogP contribution is -2.29. The topological polar surface area (TPSA) is 77.3 Å². The quantitative estimate of drug-likeness (QED) is 0.690. The molecule has 1 N–H and O–H groups in total. The number of hydrogen-bond donors (Lipinski definition) is 1. The van der Waals surface area contributed by atoms with E-state index in [-0.39, 0.29) is 17.8 Å². The van der Waals surface area contributed by atoms with Crippen LogP contribution in [0, 0.1) is 10.1 Å². The second-order valence-electron chi connectivity index (χ2n) is 5.24. The fourth-order valence-corrected chi connectivity index (χ4v) is 3.00. The number of nitro benzene ring substituents is 1. The molecule has 3 rings (SSSR count). The number of rotatable bonds is 4. The third-order valence-electron chi connectivity index (χ3n) is 4.04. The molecule has 2 atom stereocenters. The molecule has 1 fully saturated rings. The molecule has 1 heterocycles. The number of nitrogens with zero attached hydrogens (tertiary/aromatic N) is 2. The average molecular weight is 287 g/mol. The van der Waals surface area contributed by atoms with Crippen LogP contribution < -0.4 is 5.32 Å². The zero-order valence-electron chi connectivity index (χ0n) is 11.8. The van der Waals surface area contributed by atoms with Gasteiger partial charge in [0.25, 0.3) is 5.69 Å². The van der Waals surface area contributed by atoms with Gasteiger partial charge in [-0.25, -0.2) is 4.98 Å². The Hall–Kier alpha value is -2.21. The highest BCUT2D eigenvalue weighted by Crippen LogP contribution is 2.32. The summed E-state index contributed by atoms with van der Waals surface area (Å²) in [6, 6.07) is 7.15. The first-order valence-corrected chi connectivity index (χ1v) is 7.02. The monoisotopic (exact) mass is 287 g/mol. The van der Waals surface area contributed by atoms with E-state index in [0.29, 0.717) is 5.52 Å². The zero-order valence-corrected chi connectivity index (χ0v) is 11.8. The summed E-state index contributed by atoms with van der Waals surface area (Å²) in [5, 5.41) is 15.3. The highest BCUT2D eigenvalue weighted by atomic mass is 16.6. The van der Waals surface area contributed by atoms with Crippen LogP contribution in [-0.4, -0.2) is 29.2 Å². The number of aromatic nitrogens is 1. The zero-order chi connectivity index (χ0) is 14.8. The summed E-state index contributed by atoms with van der Waals surface area (Å²) in [5.74, 6) is 0. The van der Waals surface area contributed by atoms with Gasteiger partial charge in [0, 0.05) is 30.4 Å². The average Bonchev–Trinajstić information content (AvgIpc) is 2.94. The van der Waals surface area contributed by atoms with Crippen molar-refractivity contribution in [3.8, 4) is 0 Å². The maximum absolute atomic E-state index is 11.1. The molecule has 110 valence electrons. The van der Waals surface area contributed by atoms with Crippen molar-refractivity contribution in [3.05, 3.63) is 40.6 Å². The van der Waals surface area contributed by atoms with Gasteiger partial charge in [0.1, 0.15) is 5.52 Å². The van der Waals surface area contributed by atoms with E-state index in [0.717, 1.165) is 30.3 Å². The molecule has 2 aromatic rings. The number of nitro groups is 1. The van der Waals surface area contributed by atoms with Crippen LogP contribution >= 0.6 is 0 Å². The molecule has 0 bridgehead atoms. The largest absolute Gasteiger partial charge is 0.379 e. The van der Waals surface area contributed by atoms with Crippen LogP contribution in [0.1, 0.15) is 19.3 Å². The summed E-state index contributed by atoms with van der Waals surface area (Å²) in [6.07, 6.45) is 4.97. The Bertz CT molecular complexity index is 674. The molecule has 0 saturated heterocycles. The van der Waals surface area contributed by atoms with Crippen molar-refractivity contribution in [1.82, 2.24) is 4.98 Å². The number of pyridine rings is 1. The van der Waals surface area contributed by atoms with E-state index in [2.05, 4.69) is 10.3 Å². The predicted octanol–water partition coefficient (Wildman–Crippen LogP) is 3.12. The third kappa shape index (κ3) is 2.54. The first-order chi connectivity index (χ1) is 10.2. The van der Waals surface area contributed by atoms with Crippen molar-refractivity contribution in [3.63, 3.8) is 0 Å². The smallest absolute Gasteiger partial charge is 0.295 e. The summed E-state index contributed by atoms with van der Waals surface area (Å²) in [7, 11) is 1.72. The number of fused-ring (bicyclic) bond motifs is 1. The molecule has 0 spiro atoms. The van der Waals surface area contributed by atoms with Gasteiger partial charge in [-0.2, -0.15) is 0 Å². The van der Waals surface area contributed by atoms with Gasteiger partial charge in [0.15, 0.2) is 0 Å². The molecule has 1 aliphatic rings. The highest BCUT2D eigenvalue weighted by Gasteiger charge is 2.27. The molecule has 6 nitrogen and oxygen atoms in total. The van der Waals surface area contributed by atoms with Crippen molar-refractivity contribution >= 4 is 22.3 Å². The third-order valence-corrected chi connectivity index (χ3v) is 4.04. The van der Waals surface area contributed by atoms with Gasteiger partial charge in [-0.3, -0.25) is 10.1 Å². The van der Waals surface area contributed by atoms with Crippen LogP contribution in [0.15, 0.2) is 30.5 Å². The Balaban J connectivity index is 2.00. The lowest BCUT2D eigenvalue weighted by Gasteiger charge is -2.21. The van der Waals surface area contributed by atoms with Crippen LogP contribution in [0.25, 0.3) is 10.9 Å². The molecule has 2 unspecified atom stereocenters. The van der Waals surface area contributed by atoms with Crippen molar-refractivity contribution < 1.29 is 9.66 Å². The lowest BCUT2D eigenvalue weighted by atomic mass is 10.1. The molecule has 21 heavy (non-hydrogen) atoms. The van der Waals surface area contributed by atoms with E-state index in [1.807, 2.05) is 6.07 Å². The van der Waals surface area contributed by atoms with Crippen LogP contribution in [0.5, 0.6) is 0 Å². The van der Waals surface area contributed by atoms with Gasteiger partial charge < -0.3 is 10.1 Å². The molecule has 1 aliphatic carbocycles. The van der Waals surface area contributed by atoms with E-state index < -0.39 is 4.92 Å². The molecule has 0 aliphatic heterocycles. The number of nitrogens with one attached hydrogen (secondary N) is 1. The fraction of sp³-hybridized carbons (Fsp3) is 0.400. The summed E-state index contributed by atoms with van der Waals surface area (Å²) in [6.45, 7) is 0. The van der Waals surface area contributed by atoms with Crippen molar-refractivity contribution in [1.29, 1.82) is 0 Å². The molecule has 6 heteroatoms. The van der Waals surface area contributed by atoms with Gasteiger partial charge >= 0.3 is 0 Å². The van der Waals surface area contributed by atoms with Crippen LogP contribution in [0.2, 0.25) is 0 Å². The molecule has 0 amide bonds. The minimum Gasteiger partial charge on any atom is -0.379 e. The number of hydrogen-bond acceptors (Lipinski definition) is 5. The number of non-ortho nitro benzene ring substituents is 1. The maximum atomic E-state index is 11.1. The maximum Gasteiger partial charge on any atom is 0.295 e.